The van der Waals surface area contributed by atoms with Gasteiger partial charge in [-0.3, -0.25) is 0 Å². The summed E-state index contributed by atoms with van der Waals surface area (Å²) in [5.41, 5.74) is 2.16. The van der Waals surface area contributed by atoms with Crippen LogP contribution in [0.25, 0.3) is 0 Å². The molecule has 1 N–H and O–H groups in total. The molecule has 2 rings (SSSR count). The van der Waals surface area contributed by atoms with Crippen LogP contribution >= 0.6 is 0 Å². The summed E-state index contributed by atoms with van der Waals surface area (Å²) in [6.45, 7) is 4.87. The molecule has 0 bridgehead atoms. The third kappa shape index (κ3) is 2.87. The Kier molecular flexibility index (Phi) is 3.54. The van der Waals surface area contributed by atoms with Crippen molar-refractivity contribution < 1.29 is 8.42 Å². The van der Waals surface area contributed by atoms with Crippen LogP contribution in [-0.2, 0) is 9.84 Å². The molecule has 0 radical (unpaired) electrons. The fourth-order valence-corrected chi connectivity index (χ4v) is 3.81. The molecule has 4 heteroatoms. The molecule has 1 unspecified atom stereocenters. The SMILES string of the molecule is Cc1ccc(S(=O)(=O)CC2CCCN2)cc1C. The fourth-order valence-electron chi connectivity index (χ4n) is 2.17. The van der Waals surface area contributed by atoms with Gasteiger partial charge in [0.1, 0.15) is 0 Å². The smallest absolute Gasteiger partial charge is 0.179 e. The van der Waals surface area contributed by atoms with Gasteiger partial charge < -0.3 is 5.32 Å². The zero-order valence-corrected chi connectivity index (χ0v) is 11.2. The highest BCUT2D eigenvalue weighted by Gasteiger charge is 2.23. The van der Waals surface area contributed by atoms with Crippen LogP contribution in [0.15, 0.2) is 23.1 Å². The molecule has 0 spiro atoms. The number of nitrogens with one attached hydrogen (secondary N) is 1. The molecular formula is C13H19NO2S. The van der Waals surface area contributed by atoms with Crippen molar-refractivity contribution in [2.45, 2.75) is 37.6 Å². The quantitative estimate of drug-likeness (QED) is 0.894. The van der Waals surface area contributed by atoms with E-state index < -0.39 is 9.84 Å². The van der Waals surface area contributed by atoms with Crippen LogP contribution in [0, 0.1) is 13.8 Å². The van der Waals surface area contributed by atoms with Crippen LogP contribution in [0.2, 0.25) is 0 Å². The normalized spacial score (nSPS) is 20.7. The lowest BCUT2D eigenvalue weighted by Crippen LogP contribution is -2.29. The van der Waals surface area contributed by atoms with Gasteiger partial charge in [0.2, 0.25) is 0 Å². The summed E-state index contributed by atoms with van der Waals surface area (Å²) in [5.74, 6) is 0.218. The Hall–Kier alpha value is -0.870. The zero-order chi connectivity index (χ0) is 12.5. The third-order valence-corrected chi connectivity index (χ3v) is 5.23. The number of benzene rings is 1. The Morgan fingerprint density at radius 2 is 2.06 bits per heavy atom. The molecule has 1 aliphatic rings. The summed E-state index contributed by atoms with van der Waals surface area (Å²) in [6.07, 6.45) is 2.04. The molecule has 1 aromatic carbocycles. The topological polar surface area (TPSA) is 46.2 Å². The fraction of sp³-hybridized carbons (Fsp3) is 0.538. The number of sulfone groups is 1. The minimum atomic E-state index is -3.15. The maximum atomic E-state index is 12.2. The minimum Gasteiger partial charge on any atom is -0.313 e. The molecule has 17 heavy (non-hydrogen) atoms. The highest BCUT2D eigenvalue weighted by atomic mass is 32.2. The minimum absolute atomic E-state index is 0.126. The molecule has 0 aliphatic carbocycles. The molecule has 0 amide bonds. The second kappa shape index (κ2) is 4.78. The third-order valence-electron chi connectivity index (χ3n) is 3.42. The highest BCUT2D eigenvalue weighted by molar-refractivity contribution is 7.91. The summed E-state index contributed by atoms with van der Waals surface area (Å²) in [7, 11) is -3.15. The van der Waals surface area contributed by atoms with Gasteiger partial charge in [-0.2, -0.15) is 0 Å². The molecule has 0 saturated carbocycles. The standard InChI is InChI=1S/C13H19NO2S/c1-10-5-6-13(8-11(10)2)17(15,16)9-12-4-3-7-14-12/h5-6,8,12,14H,3-4,7,9H2,1-2H3. The predicted molar refractivity (Wildman–Crippen MR) is 69.0 cm³/mol. The van der Waals surface area contributed by atoms with Crippen molar-refractivity contribution in [3.05, 3.63) is 29.3 Å². The van der Waals surface area contributed by atoms with Crippen LogP contribution in [0.1, 0.15) is 24.0 Å². The summed E-state index contributed by atoms with van der Waals surface area (Å²) in [4.78, 5) is 0.453. The Labute approximate surface area is 103 Å². The first-order chi connectivity index (χ1) is 7.99. The molecule has 1 heterocycles. The van der Waals surface area contributed by atoms with Crippen LogP contribution < -0.4 is 5.32 Å². The predicted octanol–water partition coefficient (Wildman–Crippen LogP) is 1.83. The van der Waals surface area contributed by atoms with Crippen molar-refractivity contribution in [3.63, 3.8) is 0 Å². The largest absolute Gasteiger partial charge is 0.313 e. The molecule has 1 saturated heterocycles. The first-order valence-electron chi connectivity index (χ1n) is 6.02. The monoisotopic (exact) mass is 253 g/mol. The zero-order valence-electron chi connectivity index (χ0n) is 10.4. The molecular weight excluding hydrogens is 234 g/mol. The van der Waals surface area contributed by atoms with E-state index in [0.29, 0.717) is 4.90 Å². The van der Waals surface area contributed by atoms with Crippen LogP contribution in [0.4, 0.5) is 0 Å². The van der Waals surface area contributed by atoms with Gasteiger partial charge in [0.15, 0.2) is 9.84 Å². The second-order valence-electron chi connectivity index (χ2n) is 4.82. The maximum absolute atomic E-state index is 12.2. The van der Waals surface area contributed by atoms with Crippen molar-refractivity contribution >= 4 is 9.84 Å². The lowest BCUT2D eigenvalue weighted by atomic mass is 10.1. The summed E-state index contributed by atoms with van der Waals surface area (Å²) < 4.78 is 24.4. The summed E-state index contributed by atoms with van der Waals surface area (Å²) in [5, 5.41) is 3.23. The van der Waals surface area contributed by atoms with E-state index in [1.54, 1.807) is 12.1 Å². The van der Waals surface area contributed by atoms with E-state index in [1.165, 1.54) is 0 Å². The van der Waals surface area contributed by atoms with Gasteiger partial charge in [-0.25, -0.2) is 8.42 Å². The van der Waals surface area contributed by atoms with Gasteiger partial charge in [0.05, 0.1) is 10.6 Å². The summed E-state index contributed by atoms with van der Waals surface area (Å²) in [6, 6.07) is 5.50. The average molecular weight is 253 g/mol. The lowest BCUT2D eigenvalue weighted by molar-refractivity contribution is 0.577. The van der Waals surface area contributed by atoms with E-state index >= 15 is 0 Å². The van der Waals surface area contributed by atoms with E-state index in [4.69, 9.17) is 0 Å². The Bertz CT molecular complexity index is 502. The van der Waals surface area contributed by atoms with E-state index in [9.17, 15) is 8.42 Å². The van der Waals surface area contributed by atoms with Gasteiger partial charge in [-0.05, 0) is 56.5 Å². The Morgan fingerprint density at radius 3 is 2.65 bits per heavy atom. The van der Waals surface area contributed by atoms with Crippen LogP contribution in [0.3, 0.4) is 0 Å². The first-order valence-corrected chi connectivity index (χ1v) is 7.68. The van der Waals surface area contributed by atoms with Crippen LogP contribution in [0.5, 0.6) is 0 Å². The summed E-state index contributed by atoms with van der Waals surface area (Å²) >= 11 is 0. The van der Waals surface area contributed by atoms with Crippen LogP contribution in [-0.4, -0.2) is 26.8 Å². The van der Waals surface area contributed by atoms with E-state index in [2.05, 4.69) is 5.32 Å². The Morgan fingerprint density at radius 1 is 1.29 bits per heavy atom. The molecule has 1 atom stereocenters. The molecule has 94 valence electrons. The molecule has 3 nitrogen and oxygen atoms in total. The van der Waals surface area contributed by atoms with Crippen molar-refractivity contribution in [1.29, 1.82) is 0 Å². The first kappa shape index (κ1) is 12.6. The maximum Gasteiger partial charge on any atom is 0.179 e. The van der Waals surface area contributed by atoms with Gasteiger partial charge in [-0.15, -0.1) is 0 Å². The number of aryl methyl sites for hydroxylation is 2. The van der Waals surface area contributed by atoms with E-state index in [1.807, 2.05) is 19.9 Å². The van der Waals surface area contributed by atoms with Gasteiger partial charge >= 0.3 is 0 Å². The second-order valence-corrected chi connectivity index (χ2v) is 6.85. The van der Waals surface area contributed by atoms with Gasteiger partial charge in [-0.1, -0.05) is 6.07 Å². The number of hydrogen-bond donors (Lipinski definition) is 1. The molecule has 1 fully saturated rings. The van der Waals surface area contributed by atoms with Crippen molar-refractivity contribution in [2.75, 3.05) is 12.3 Å². The van der Waals surface area contributed by atoms with Gasteiger partial charge in [0.25, 0.3) is 0 Å². The molecule has 1 aromatic rings. The van der Waals surface area contributed by atoms with Crippen molar-refractivity contribution in [2.24, 2.45) is 0 Å². The average Bonchev–Trinajstić information content (AvgIpc) is 2.73. The highest BCUT2D eigenvalue weighted by Crippen LogP contribution is 2.18. The van der Waals surface area contributed by atoms with Crippen molar-refractivity contribution in [3.8, 4) is 0 Å². The number of rotatable bonds is 3. The van der Waals surface area contributed by atoms with Gasteiger partial charge in [0, 0.05) is 6.04 Å². The van der Waals surface area contributed by atoms with E-state index in [-0.39, 0.29) is 11.8 Å². The van der Waals surface area contributed by atoms with Crippen molar-refractivity contribution in [1.82, 2.24) is 5.32 Å². The lowest BCUT2D eigenvalue weighted by Gasteiger charge is -2.12. The molecule has 1 aliphatic heterocycles. The molecule has 0 aromatic heterocycles. The van der Waals surface area contributed by atoms with E-state index in [0.717, 1.165) is 30.5 Å². The Balaban J connectivity index is 2.21. The number of hydrogen-bond acceptors (Lipinski definition) is 3.